The van der Waals surface area contributed by atoms with Gasteiger partial charge in [0, 0.05) is 18.3 Å². The molecule has 1 atom stereocenters. The fourth-order valence-corrected chi connectivity index (χ4v) is 1.23. The molecule has 1 unspecified atom stereocenters. The van der Waals surface area contributed by atoms with Crippen LogP contribution in [0.15, 0.2) is 0 Å². The van der Waals surface area contributed by atoms with E-state index in [0.717, 1.165) is 13.1 Å². The van der Waals surface area contributed by atoms with E-state index in [1.54, 1.807) is 0 Å². The summed E-state index contributed by atoms with van der Waals surface area (Å²) in [5.74, 6) is 0. The van der Waals surface area contributed by atoms with Crippen LogP contribution >= 0.6 is 12.6 Å². The van der Waals surface area contributed by atoms with E-state index in [1.165, 1.54) is 19.3 Å². The molecule has 1 nitrogen and oxygen atoms in total. The zero-order chi connectivity index (χ0) is 5.82. The third kappa shape index (κ3) is 2.05. The Morgan fingerprint density at radius 1 is 1.38 bits per heavy atom. The van der Waals surface area contributed by atoms with E-state index in [9.17, 15) is 0 Å². The first kappa shape index (κ1) is 6.43. The Bertz CT molecular complexity index is 57.5. The predicted molar refractivity (Wildman–Crippen MR) is 38.5 cm³/mol. The lowest BCUT2D eigenvalue weighted by Crippen LogP contribution is -2.13. The Balaban J connectivity index is 2.17. The standard InChI is InChI=1S/C6H12NS/c8-6-3-1-2-4-7-5-6/h6,8H,1-5H2. The van der Waals surface area contributed by atoms with E-state index >= 15 is 0 Å². The van der Waals surface area contributed by atoms with Gasteiger partial charge in [-0.1, -0.05) is 6.42 Å². The van der Waals surface area contributed by atoms with Gasteiger partial charge < -0.3 is 0 Å². The molecule has 0 spiro atoms. The maximum Gasteiger partial charge on any atom is 0.0250 e. The third-order valence-electron chi connectivity index (χ3n) is 1.44. The van der Waals surface area contributed by atoms with Crippen molar-refractivity contribution in [2.45, 2.75) is 24.5 Å². The van der Waals surface area contributed by atoms with Crippen LogP contribution in [-0.4, -0.2) is 18.3 Å². The van der Waals surface area contributed by atoms with Gasteiger partial charge in [0.15, 0.2) is 0 Å². The van der Waals surface area contributed by atoms with Crippen LogP contribution in [0, 0.1) is 0 Å². The summed E-state index contributed by atoms with van der Waals surface area (Å²) in [5, 5.41) is 4.83. The van der Waals surface area contributed by atoms with E-state index in [-0.39, 0.29) is 0 Å². The normalized spacial score (nSPS) is 31.9. The molecule has 1 fully saturated rings. The minimum absolute atomic E-state index is 0.553. The molecule has 1 aliphatic heterocycles. The maximum absolute atomic E-state index is 4.34. The summed E-state index contributed by atoms with van der Waals surface area (Å²) in [6, 6.07) is 0. The van der Waals surface area contributed by atoms with Gasteiger partial charge in [0.2, 0.25) is 0 Å². The molecule has 1 radical (unpaired) electrons. The molecule has 0 saturated carbocycles. The Hall–Kier alpha value is 0.310. The summed E-state index contributed by atoms with van der Waals surface area (Å²) in [6.07, 6.45) is 3.85. The number of thiol groups is 1. The smallest absolute Gasteiger partial charge is 0.0250 e. The molecule has 1 heterocycles. The molecule has 47 valence electrons. The van der Waals surface area contributed by atoms with Crippen molar-refractivity contribution in [3.05, 3.63) is 0 Å². The molecule has 8 heavy (non-hydrogen) atoms. The Morgan fingerprint density at radius 2 is 2.25 bits per heavy atom. The second-order valence-corrected chi connectivity index (χ2v) is 3.01. The number of nitrogens with zero attached hydrogens (tertiary/aromatic N) is 1. The van der Waals surface area contributed by atoms with E-state index < -0.39 is 0 Å². The molecule has 0 N–H and O–H groups in total. The van der Waals surface area contributed by atoms with Crippen LogP contribution < -0.4 is 5.32 Å². The molecule has 0 bridgehead atoms. The third-order valence-corrected chi connectivity index (χ3v) is 1.86. The van der Waals surface area contributed by atoms with Gasteiger partial charge in [0.05, 0.1) is 0 Å². The minimum atomic E-state index is 0.553. The first-order valence-corrected chi connectivity index (χ1v) is 3.72. The van der Waals surface area contributed by atoms with Crippen LogP contribution in [0.1, 0.15) is 19.3 Å². The van der Waals surface area contributed by atoms with Gasteiger partial charge in [-0.3, -0.25) is 0 Å². The number of rotatable bonds is 0. The molecule has 0 aromatic rings. The van der Waals surface area contributed by atoms with Crippen molar-refractivity contribution in [2.24, 2.45) is 0 Å². The number of hydrogen-bond acceptors (Lipinski definition) is 1. The van der Waals surface area contributed by atoms with E-state index in [0.29, 0.717) is 5.25 Å². The Kier molecular flexibility index (Phi) is 2.70. The lowest BCUT2D eigenvalue weighted by molar-refractivity contribution is 0.693. The highest BCUT2D eigenvalue weighted by Gasteiger charge is 2.06. The van der Waals surface area contributed by atoms with Crippen molar-refractivity contribution >= 4 is 12.6 Å². The summed E-state index contributed by atoms with van der Waals surface area (Å²) in [7, 11) is 0. The van der Waals surface area contributed by atoms with Crippen LogP contribution in [0.25, 0.3) is 0 Å². The molecule has 0 amide bonds. The van der Waals surface area contributed by atoms with Gasteiger partial charge in [0.25, 0.3) is 0 Å². The fraction of sp³-hybridized carbons (Fsp3) is 1.00. The monoisotopic (exact) mass is 130 g/mol. The second-order valence-electron chi connectivity index (χ2n) is 2.28. The fourth-order valence-electron chi connectivity index (χ4n) is 0.935. The van der Waals surface area contributed by atoms with Gasteiger partial charge in [-0.05, 0) is 12.8 Å². The molecule has 1 aliphatic rings. The topological polar surface area (TPSA) is 14.1 Å². The summed E-state index contributed by atoms with van der Waals surface area (Å²) in [6.45, 7) is 2.04. The Labute approximate surface area is 56.3 Å². The van der Waals surface area contributed by atoms with Crippen molar-refractivity contribution in [1.82, 2.24) is 5.32 Å². The second kappa shape index (κ2) is 3.36. The van der Waals surface area contributed by atoms with Gasteiger partial charge in [0.1, 0.15) is 0 Å². The SMILES string of the molecule is SC1CCCC[N]C1. The lowest BCUT2D eigenvalue weighted by atomic mass is 10.2. The highest BCUT2D eigenvalue weighted by atomic mass is 32.1. The van der Waals surface area contributed by atoms with Crippen molar-refractivity contribution in [2.75, 3.05) is 13.1 Å². The summed E-state index contributed by atoms with van der Waals surface area (Å²) in [4.78, 5) is 0. The van der Waals surface area contributed by atoms with Crippen LogP contribution in [0.5, 0.6) is 0 Å². The van der Waals surface area contributed by atoms with Gasteiger partial charge >= 0.3 is 0 Å². The van der Waals surface area contributed by atoms with Crippen molar-refractivity contribution < 1.29 is 0 Å². The van der Waals surface area contributed by atoms with Crippen LogP contribution in [0.3, 0.4) is 0 Å². The van der Waals surface area contributed by atoms with Crippen LogP contribution in [-0.2, 0) is 0 Å². The molecule has 0 aromatic carbocycles. The van der Waals surface area contributed by atoms with Gasteiger partial charge in [-0.2, -0.15) is 12.6 Å². The summed E-state index contributed by atoms with van der Waals surface area (Å²) < 4.78 is 0. The number of hydrogen-bond donors (Lipinski definition) is 1. The van der Waals surface area contributed by atoms with Crippen LogP contribution in [0.4, 0.5) is 0 Å². The molecular formula is C6H12NS. The molecular weight excluding hydrogens is 118 g/mol. The first-order valence-electron chi connectivity index (χ1n) is 3.21. The lowest BCUT2D eigenvalue weighted by Gasteiger charge is -2.01. The zero-order valence-corrected chi connectivity index (χ0v) is 5.90. The van der Waals surface area contributed by atoms with Crippen molar-refractivity contribution in [3.8, 4) is 0 Å². The largest absolute Gasteiger partial charge is 0.241 e. The molecule has 2 heteroatoms. The predicted octanol–water partition coefficient (Wildman–Crippen LogP) is 1.07. The first-order chi connectivity index (χ1) is 3.89. The molecule has 1 rings (SSSR count). The van der Waals surface area contributed by atoms with Crippen molar-refractivity contribution in [3.63, 3.8) is 0 Å². The van der Waals surface area contributed by atoms with Crippen LogP contribution in [0.2, 0.25) is 0 Å². The highest BCUT2D eigenvalue weighted by molar-refractivity contribution is 7.81. The van der Waals surface area contributed by atoms with E-state index in [1.807, 2.05) is 0 Å². The summed E-state index contributed by atoms with van der Waals surface area (Å²) >= 11 is 4.34. The average molecular weight is 130 g/mol. The highest BCUT2D eigenvalue weighted by Crippen LogP contribution is 2.09. The minimum Gasteiger partial charge on any atom is -0.241 e. The van der Waals surface area contributed by atoms with Gasteiger partial charge in [-0.25, -0.2) is 5.32 Å². The average Bonchev–Trinajstić information content (AvgIpc) is 1.94. The molecule has 0 aromatic heterocycles. The zero-order valence-electron chi connectivity index (χ0n) is 5.01. The maximum atomic E-state index is 4.34. The molecule has 0 aliphatic carbocycles. The van der Waals surface area contributed by atoms with E-state index in [2.05, 4.69) is 17.9 Å². The molecule has 1 saturated heterocycles. The Morgan fingerprint density at radius 3 is 3.12 bits per heavy atom. The quantitative estimate of drug-likeness (QED) is 0.472. The van der Waals surface area contributed by atoms with E-state index in [4.69, 9.17) is 0 Å². The summed E-state index contributed by atoms with van der Waals surface area (Å²) in [5.41, 5.74) is 0. The van der Waals surface area contributed by atoms with Crippen molar-refractivity contribution in [1.29, 1.82) is 0 Å². The van der Waals surface area contributed by atoms with Gasteiger partial charge in [-0.15, -0.1) is 0 Å².